The summed E-state index contributed by atoms with van der Waals surface area (Å²) in [6.45, 7) is 0.975. The van der Waals surface area contributed by atoms with Gasteiger partial charge in [-0.15, -0.1) is 4.39 Å². The molecular formula is C3H3FO4. The van der Waals surface area contributed by atoms with Crippen molar-refractivity contribution in [2.75, 3.05) is 0 Å². The second-order valence-electron chi connectivity index (χ2n) is 0.896. The van der Waals surface area contributed by atoms with E-state index in [4.69, 9.17) is 0 Å². The summed E-state index contributed by atoms with van der Waals surface area (Å²) in [5, 5.41) is 0. The van der Waals surface area contributed by atoms with Crippen molar-refractivity contribution in [2.45, 2.75) is 6.92 Å². The monoisotopic (exact) mass is 122 g/mol. The first-order valence-corrected chi connectivity index (χ1v) is 1.67. The number of halogens is 1. The highest BCUT2D eigenvalue weighted by atomic mass is 19.1. The Balaban J connectivity index is 3.18. The normalized spacial score (nSPS) is 7.75. The maximum atomic E-state index is 10.9. The molecule has 4 nitrogen and oxygen atoms in total. The number of hydrogen-bond acceptors (Lipinski definition) is 4. The second kappa shape index (κ2) is 2.95. The lowest BCUT2D eigenvalue weighted by atomic mass is 10.8. The fourth-order valence-electron chi connectivity index (χ4n) is 0.0914. The van der Waals surface area contributed by atoms with Crippen LogP contribution in [0.4, 0.5) is 9.18 Å². The van der Waals surface area contributed by atoms with Gasteiger partial charge in [-0.05, 0) is 0 Å². The highest BCUT2D eigenvalue weighted by molar-refractivity contribution is 5.67. The van der Waals surface area contributed by atoms with Gasteiger partial charge in [0, 0.05) is 6.92 Å². The van der Waals surface area contributed by atoms with E-state index >= 15 is 0 Å². The van der Waals surface area contributed by atoms with Gasteiger partial charge in [-0.2, -0.15) is 0 Å². The number of hydrogen-bond donors (Lipinski definition) is 0. The summed E-state index contributed by atoms with van der Waals surface area (Å²) >= 11 is 0. The molecule has 0 atom stereocenters. The van der Waals surface area contributed by atoms with Crippen molar-refractivity contribution in [3.8, 4) is 0 Å². The zero-order valence-corrected chi connectivity index (χ0v) is 4.01. The van der Waals surface area contributed by atoms with Crippen molar-refractivity contribution in [3.63, 3.8) is 0 Å². The van der Waals surface area contributed by atoms with Gasteiger partial charge in [-0.25, -0.2) is 19.4 Å². The molecule has 0 rings (SSSR count). The summed E-state index contributed by atoms with van der Waals surface area (Å²) < 4.78 is 10.9. The third-order valence-electron chi connectivity index (χ3n) is 0.225. The standard InChI is InChI=1S/C3H3FO4/c1-2(5)7-8-3(4)6/h1H3. The molecule has 0 aromatic heterocycles. The summed E-state index contributed by atoms with van der Waals surface area (Å²) in [4.78, 5) is 25.5. The Hall–Kier alpha value is -1.13. The fraction of sp³-hybridized carbons (Fsp3) is 0.333. The van der Waals surface area contributed by atoms with Crippen molar-refractivity contribution in [1.29, 1.82) is 0 Å². The zero-order valence-electron chi connectivity index (χ0n) is 4.01. The van der Waals surface area contributed by atoms with E-state index in [1.54, 1.807) is 0 Å². The van der Waals surface area contributed by atoms with Gasteiger partial charge in [-0.1, -0.05) is 0 Å². The van der Waals surface area contributed by atoms with Gasteiger partial charge >= 0.3 is 12.2 Å². The summed E-state index contributed by atoms with van der Waals surface area (Å²) in [7, 11) is 0. The molecule has 0 aliphatic rings. The van der Waals surface area contributed by atoms with Crippen LogP contribution in [0.5, 0.6) is 0 Å². The molecule has 8 heavy (non-hydrogen) atoms. The molecule has 5 heteroatoms. The van der Waals surface area contributed by atoms with E-state index < -0.39 is 12.2 Å². The SMILES string of the molecule is CC(=O)OOC(=O)F. The van der Waals surface area contributed by atoms with Gasteiger partial charge in [0.15, 0.2) is 0 Å². The average Bonchev–Trinajstić information content (AvgIpc) is 1.61. The molecule has 0 N–H and O–H groups in total. The van der Waals surface area contributed by atoms with Gasteiger partial charge in [0.25, 0.3) is 0 Å². The molecular weight excluding hydrogens is 119 g/mol. The van der Waals surface area contributed by atoms with Crippen LogP contribution in [-0.4, -0.2) is 12.2 Å². The molecule has 46 valence electrons. The highest BCUT2D eigenvalue weighted by Gasteiger charge is 2.00. The van der Waals surface area contributed by atoms with Gasteiger partial charge in [0.05, 0.1) is 0 Å². The maximum absolute atomic E-state index is 10.9. The van der Waals surface area contributed by atoms with Crippen molar-refractivity contribution < 1.29 is 23.8 Å². The molecule has 0 saturated heterocycles. The predicted molar refractivity (Wildman–Crippen MR) is 19.4 cm³/mol. The van der Waals surface area contributed by atoms with Crippen LogP contribution in [0.1, 0.15) is 6.92 Å². The first-order chi connectivity index (χ1) is 3.63. The molecule has 0 aliphatic carbocycles. The van der Waals surface area contributed by atoms with E-state index in [-0.39, 0.29) is 0 Å². The van der Waals surface area contributed by atoms with Crippen molar-refractivity contribution in [1.82, 2.24) is 0 Å². The summed E-state index contributed by atoms with van der Waals surface area (Å²) in [5.74, 6) is -0.879. The molecule has 0 amide bonds. The van der Waals surface area contributed by atoms with Crippen molar-refractivity contribution in [2.24, 2.45) is 0 Å². The van der Waals surface area contributed by atoms with Gasteiger partial charge in [0.1, 0.15) is 0 Å². The molecule has 0 fully saturated rings. The molecule has 0 heterocycles. The Bertz CT molecular complexity index is 95.9. The van der Waals surface area contributed by atoms with Gasteiger partial charge in [-0.3, -0.25) is 0 Å². The van der Waals surface area contributed by atoms with E-state index in [0.29, 0.717) is 0 Å². The van der Waals surface area contributed by atoms with Crippen LogP contribution in [0, 0.1) is 0 Å². The minimum atomic E-state index is -2.14. The van der Waals surface area contributed by atoms with Crippen LogP contribution in [0.15, 0.2) is 0 Å². The van der Waals surface area contributed by atoms with E-state index in [1.807, 2.05) is 0 Å². The Morgan fingerprint density at radius 3 is 2.00 bits per heavy atom. The van der Waals surface area contributed by atoms with E-state index in [2.05, 4.69) is 9.78 Å². The van der Waals surface area contributed by atoms with Crippen molar-refractivity contribution >= 4 is 12.2 Å². The van der Waals surface area contributed by atoms with E-state index in [1.165, 1.54) is 0 Å². The fourth-order valence-corrected chi connectivity index (χ4v) is 0.0914. The smallest absolute Gasteiger partial charge is 0.248 e. The molecule has 0 aromatic carbocycles. The van der Waals surface area contributed by atoms with Crippen molar-refractivity contribution in [3.05, 3.63) is 0 Å². The highest BCUT2D eigenvalue weighted by Crippen LogP contribution is 1.83. The van der Waals surface area contributed by atoms with Crippen LogP contribution >= 0.6 is 0 Å². The first-order valence-electron chi connectivity index (χ1n) is 1.67. The average molecular weight is 122 g/mol. The molecule has 0 bridgehead atoms. The number of carbonyl (C=O) groups excluding carboxylic acids is 2. The third-order valence-corrected chi connectivity index (χ3v) is 0.225. The Morgan fingerprint density at radius 2 is 1.88 bits per heavy atom. The minimum absolute atomic E-state index is 0.879. The Kier molecular flexibility index (Phi) is 2.53. The van der Waals surface area contributed by atoms with Crippen LogP contribution in [0.25, 0.3) is 0 Å². The molecule has 0 radical (unpaired) electrons. The third kappa shape index (κ3) is 4.87. The number of rotatable bonds is 0. The molecule has 0 aromatic rings. The molecule has 0 spiro atoms. The van der Waals surface area contributed by atoms with Crippen LogP contribution in [0.3, 0.4) is 0 Å². The lowest BCUT2D eigenvalue weighted by Crippen LogP contribution is -2.01. The quantitative estimate of drug-likeness (QED) is 0.268. The first kappa shape index (κ1) is 6.87. The number of carbonyl (C=O) groups is 2. The van der Waals surface area contributed by atoms with Gasteiger partial charge in [0.2, 0.25) is 0 Å². The van der Waals surface area contributed by atoms with E-state index in [9.17, 15) is 14.0 Å². The van der Waals surface area contributed by atoms with Crippen LogP contribution in [0.2, 0.25) is 0 Å². The molecule has 0 unspecified atom stereocenters. The topological polar surface area (TPSA) is 52.6 Å². The predicted octanol–water partition coefficient (Wildman–Crippen LogP) is 0.571. The second-order valence-corrected chi connectivity index (χ2v) is 0.896. The van der Waals surface area contributed by atoms with Crippen LogP contribution in [-0.2, 0) is 14.6 Å². The molecule has 0 aliphatic heterocycles. The minimum Gasteiger partial charge on any atom is -0.248 e. The largest absolute Gasteiger partial charge is 0.536 e. The van der Waals surface area contributed by atoms with Gasteiger partial charge < -0.3 is 0 Å². The summed E-state index contributed by atoms with van der Waals surface area (Å²) in [5.41, 5.74) is 0. The Morgan fingerprint density at radius 1 is 1.38 bits per heavy atom. The maximum Gasteiger partial charge on any atom is 0.536 e. The molecule has 0 saturated carbocycles. The van der Waals surface area contributed by atoms with E-state index in [0.717, 1.165) is 6.92 Å². The summed E-state index contributed by atoms with van der Waals surface area (Å²) in [6, 6.07) is 0. The summed E-state index contributed by atoms with van der Waals surface area (Å²) in [6.07, 6.45) is -2.14. The zero-order chi connectivity index (χ0) is 6.57. The lowest BCUT2D eigenvalue weighted by molar-refractivity contribution is -0.234. The Labute approximate surface area is 44.1 Å². The van der Waals surface area contributed by atoms with Crippen LogP contribution < -0.4 is 0 Å². The lowest BCUT2D eigenvalue weighted by Gasteiger charge is -1.90.